The summed E-state index contributed by atoms with van der Waals surface area (Å²) in [6, 6.07) is 16.3. The number of rotatable bonds is 7. The number of carbonyl (C=O) groups excluding carboxylic acids is 1. The Morgan fingerprint density at radius 1 is 1.22 bits per heavy atom. The lowest BCUT2D eigenvalue weighted by atomic mass is 9.99. The van der Waals surface area contributed by atoms with E-state index in [0.717, 1.165) is 47.3 Å². The van der Waals surface area contributed by atoms with Crippen molar-refractivity contribution in [2.75, 3.05) is 39.4 Å². The molecule has 5 rings (SSSR count). The quantitative estimate of drug-likeness (QED) is 0.469. The molecule has 7 heteroatoms. The molecule has 3 heterocycles. The summed E-state index contributed by atoms with van der Waals surface area (Å²) in [4.78, 5) is 22.6. The summed E-state index contributed by atoms with van der Waals surface area (Å²) in [5.74, 6) is 1.27. The van der Waals surface area contributed by atoms with Gasteiger partial charge in [-0.05, 0) is 42.2 Å². The van der Waals surface area contributed by atoms with Crippen LogP contribution in [0.15, 0.2) is 59.2 Å². The molecule has 0 aliphatic carbocycles. The van der Waals surface area contributed by atoms with Crippen LogP contribution in [0, 0.1) is 5.92 Å². The summed E-state index contributed by atoms with van der Waals surface area (Å²) in [5, 5.41) is 4.15. The van der Waals surface area contributed by atoms with E-state index < -0.39 is 0 Å². The molecule has 2 aromatic heterocycles. The summed E-state index contributed by atoms with van der Waals surface area (Å²) in [5.41, 5.74) is 4.13. The van der Waals surface area contributed by atoms with Crippen LogP contribution in [0.3, 0.4) is 0 Å². The van der Waals surface area contributed by atoms with Crippen molar-refractivity contribution >= 4 is 27.9 Å². The zero-order chi connectivity index (χ0) is 21.8. The Bertz CT molecular complexity index is 1170. The molecule has 1 fully saturated rings. The third-order valence-corrected chi connectivity index (χ3v) is 5.96. The predicted molar refractivity (Wildman–Crippen MR) is 123 cm³/mol. The van der Waals surface area contributed by atoms with Crippen LogP contribution >= 0.6 is 0 Å². The lowest BCUT2D eigenvalue weighted by molar-refractivity contribution is -0.122. The minimum atomic E-state index is 0.0405. The summed E-state index contributed by atoms with van der Waals surface area (Å²) < 4.78 is 11.4. The highest BCUT2D eigenvalue weighted by atomic mass is 16.5. The van der Waals surface area contributed by atoms with Gasteiger partial charge in [0.1, 0.15) is 11.4 Å². The summed E-state index contributed by atoms with van der Waals surface area (Å²) in [7, 11) is 0. The molecule has 0 radical (unpaired) electrons. The van der Waals surface area contributed by atoms with Crippen LogP contribution < -0.4 is 5.32 Å². The van der Waals surface area contributed by atoms with E-state index in [2.05, 4.69) is 38.4 Å². The van der Waals surface area contributed by atoms with Crippen LogP contribution in [-0.4, -0.2) is 60.2 Å². The number of H-pyrrole nitrogens is 1. The lowest BCUT2D eigenvalue weighted by Crippen LogP contribution is -2.40. The molecule has 1 aliphatic rings. The van der Waals surface area contributed by atoms with Crippen molar-refractivity contribution in [1.82, 2.24) is 20.2 Å². The van der Waals surface area contributed by atoms with Crippen molar-refractivity contribution in [3.63, 3.8) is 0 Å². The Kier molecular flexibility index (Phi) is 6.18. The first-order valence-corrected chi connectivity index (χ1v) is 11.2. The first-order valence-electron chi connectivity index (χ1n) is 11.2. The fourth-order valence-corrected chi connectivity index (χ4v) is 4.38. The van der Waals surface area contributed by atoms with Crippen LogP contribution in [0.4, 0.5) is 0 Å². The third-order valence-electron chi connectivity index (χ3n) is 5.96. The summed E-state index contributed by atoms with van der Waals surface area (Å²) >= 11 is 0. The van der Waals surface area contributed by atoms with Gasteiger partial charge in [0.2, 0.25) is 5.91 Å². The highest BCUT2D eigenvalue weighted by Crippen LogP contribution is 2.20. The van der Waals surface area contributed by atoms with Gasteiger partial charge in [0.15, 0.2) is 0 Å². The van der Waals surface area contributed by atoms with E-state index in [9.17, 15) is 4.79 Å². The van der Waals surface area contributed by atoms with Crippen LogP contribution in [0.2, 0.25) is 0 Å². The maximum Gasteiger partial charge on any atom is 0.234 e. The minimum Gasteiger partial charge on any atom is -0.464 e. The fourth-order valence-electron chi connectivity index (χ4n) is 4.38. The molecule has 1 unspecified atom stereocenters. The van der Waals surface area contributed by atoms with Gasteiger partial charge in [0.05, 0.1) is 37.1 Å². The van der Waals surface area contributed by atoms with Crippen molar-refractivity contribution in [1.29, 1.82) is 0 Å². The van der Waals surface area contributed by atoms with Gasteiger partial charge >= 0.3 is 0 Å². The predicted octanol–water partition coefficient (Wildman–Crippen LogP) is 3.16. The third kappa shape index (κ3) is 5.00. The van der Waals surface area contributed by atoms with Gasteiger partial charge in [-0.15, -0.1) is 0 Å². The molecule has 1 saturated heterocycles. The van der Waals surface area contributed by atoms with E-state index in [-0.39, 0.29) is 5.91 Å². The molecule has 0 saturated carbocycles. The van der Waals surface area contributed by atoms with Crippen LogP contribution in [-0.2, 0) is 22.4 Å². The van der Waals surface area contributed by atoms with Crippen LogP contribution in [0.5, 0.6) is 0 Å². The minimum absolute atomic E-state index is 0.0405. The Hall–Kier alpha value is -3.16. The molecule has 1 atom stereocenters. The van der Waals surface area contributed by atoms with Crippen molar-refractivity contribution < 1.29 is 13.9 Å². The van der Waals surface area contributed by atoms with Gasteiger partial charge in [-0.1, -0.05) is 24.3 Å². The maximum atomic E-state index is 12.5. The number of nitrogens with one attached hydrogen (secondary N) is 2. The van der Waals surface area contributed by atoms with Crippen molar-refractivity contribution in [3.8, 4) is 0 Å². The Morgan fingerprint density at radius 3 is 3.09 bits per heavy atom. The Labute approximate surface area is 186 Å². The Morgan fingerprint density at radius 2 is 2.16 bits per heavy atom. The molecule has 166 valence electrons. The topological polar surface area (TPSA) is 83.4 Å². The normalized spacial score (nSPS) is 17.6. The van der Waals surface area contributed by atoms with Gasteiger partial charge in [-0.25, -0.2) is 4.98 Å². The average molecular weight is 433 g/mol. The number of furan rings is 1. The van der Waals surface area contributed by atoms with Crippen LogP contribution in [0.1, 0.15) is 11.4 Å². The van der Waals surface area contributed by atoms with E-state index in [0.29, 0.717) is 38.6 Å². The van der Waals surface area contributed by atoms with Crippen molar-refractivity contribution in [2.24, 2.45) is 5.92 Å². The second-order valence-electron chi connectivity index (χ2n) is 8.47. The molecular formula is C25H28N4O3. The SMILES string of the molecule is O=C(CN1CCOCC(Cc2ccc3ccoc3c2)C1)NCCc1nc2ccccc2[nH]1. The standard InChI is InChI=1S/C25H28N4O3/c30-25(26-9-7-24-27-21-3-1-2-4-22(21)28-24)16-29-10-12-31-17-19(15-29)13-18-5-6-20-8-11-32-23(20)14-18/h1-6,8,11,14,19H,7,9-10,12-13,15-17H2,(H,26,30)(H,27,28). The number of amides is 1. The second-order valence-corrected chi connectivity index (χ2v) is 8.47. The molecule has 1 aliphatic heterocycles. The second kappa shape index (κ2) is 9.54. The largest absolute Gasteiger partial charge is 0.464 e. The van der Waals surface area contributed by atoms with Gasteiger partial charge in [-0.3, -0.25) is 9.69 Å². The molecule has 7 nitrogen and oxygen atoms in total. The van der Waals surface area contributed by atoms with Crippen molar-refractivity contribution in [2.45, 2.75) is 12.8 Å². The summed E-state index contributed by atoms with van der Waals surface area (Å²) in [6.07, 6.45) is 3.31. The molecular weight excluding hydrogens is 404 g/mol. The van der Waals surface area contributed by atoms with E-state index in [1.165, 1.54) is 5.56 Å². The molecule has 2 aromatic carbocycles. The number of para-hydroxylation sites is 2. The molecule has 1 amide bonds. The molecule has 0 bridgehead atoms. The molecule has 4 aromatic rings. The average Bonchev–Trinajstić information content (AvgIpc) is 3.36. The van der Waals surface area contributed by atoms with Gasteiger partial charge in [0, 0.05) is 31.4 Å². The lowest BCUT2D eigenvalue weighted by Gasteiger charge is -2.22. The first kappa shape index (κ1) is 20.7. The van der Waals surface area contributed by atoms with Crippen LogP contribution in [0.25, 0.3) is 22.0 Å². The smallest absolute Gasteiger partial charge is 0.234 e. The number of carbonyl (C=O) groups is 1. The van der Waals surface area contributed by atoms with E-state index in [4.69, 9.17) is 9.15 Å². The molecule has 0 spiro atoms. The van der Waals surface area contributed by atoms with E-state index in [1.807, 2.05) is 30.3 Å². The number of aromatic amines is 1. The zero-order valence-corrected chi connectivity index (χ0v) is 18.0. The number of hydrogen-bond acceptors (Lipinski definition) is 5. The van der Waals surface area contributed by atoms with E-state index in [1.54, 1.807) is 6.26 Å². The maximum absolute atomic E-state index is 12.5. The van der Waals surface area contributed by atoms with Gasteiger partial charge in [-0.2, -0.15) is 0 Å². The number of nitrogens with zero attached hydrogens (tertiary/aromatic N) is 2. The molecule has 32 heavy (non-hydrogen) atoms. The number of imidazole rings is 1. The fraction of sp³-hybridized carbons (Fsp3) is 0.360. The number of hydrogen-bond donors (Lipinski definition) is 2. The summed E-state index contributed by atoms with van der Waals surface area (Å²) in [6.45, 7) is 3.92. The first-order chi connectivity index (χ1) is 15.7. The van der Waals surface area contributed by atoms with Gasteiger partial charge in [0.25, 0.3) is 0 Å². The van der Waals surface area contributed by atoms with Gasteiger partial charge < -0.3 is 19.5 Å². The number of aromatic nitrogens is 2. The monoisotopic (exact) mass is 432 g/mol. The number of fused-ring (bicyclic) bond motifs is 2. The molecule has 2 N–H and O–H groups in total. The highest BCUT2D eigenvalue weighted by molar-refractivity contribution is 5.78. The zero-order valence-electron chi connectivity index (χ0n) is 18.0. The number of ether oxygens (including phenoxy) is 1. The highest BCUT2D eigenvalue weighted by Gasteiger charge is 2.21. The van der Waals surface area contributed by atoms with E-state index >= 15 is 0 Å². The number of benzene rings is 2. The van der Waals surface area contributed by atoms with Crippen molar-refractivity contribution in [3.05, 3.63) is 66.2 Å². The Balaban J connectivity index is 1.11.